The molecule has 0 spiro atoms. The molecule has 0 aliphatic rings. The van der Waals surface area contributed by atoms with E-state index >= 15 is 0 Å². The topological polar surface area (TPSA) is 118 Å². The van der Waals surface area contributed by atoms with Gasteiger partial charge in [0.25, 0.3) is 22.3 Å². The van der Waals surface area contributed by atoms with Crippen LogP contribution in [0.3, 0.4) is 0 Å². The van der Waals surface area contributed by atoms with Crippen LogP contribution in [0.4, 0.5) is 0 Å². The molecule has 4 N–H and O–H groups in total. The number of carbonyl (C=O) groups excluding carboxylic acids is 4. The van der Waals surface area contributed by atoms with Gasteiger partial charge in [0, 0.05) is 35.3 Å². The van der Waals surface area contributed by atoms with E-state index in [2.05, 4.69) is 31.4 Å². The predicted octanol–water partition coefficient (Wildman–Crippen LogP) is 5.94. The van der Waals surface area contributed by atoms with Crippen molar-refractivity contribution in [2.75, 3.05) is 19.6 Å². The summed E-state index contributed by atoms with van der Waals surface area (Å²) in [6.45, 7) is 8.47. The van der Waals surface area contributed by atoms with Crippen LogP contribution in [-0.4, -0.2) is 41.9 Å². The number of nitrogens with one attached hydrogen (secondary N) is 2. The van der Waals surface area contributed by atoms with Crippen LogP contribution in [-0.2, 0) is 0 Å². The lowest BCUT2D eigenvalue weighted by atomic mass is 10.1. The minimum Gasteiger partial charge on any atom is -0.352 e. The molecule has 2 aromatic rings. The number of nitrogens with two attached hydrogens (primary N) is 1. The molecule has 0 aromatic heterocycles. The molecule has 0 saturated carbocycles. The molecule has 0 aliphatic heterocycles. The molecule has 0 bridgehead atoms. The third-order valence-electron chi connectivity index (χ3n) is 4.89. The van der Waals surface area contributed by atoms with Gasteiger partial charge in [0.1, 0.15) is 0 Å². The van der Waals surface area contributed by atoms with Crippen LogP contribution in [0.1, 0.15) is 101 Å². The number of rotatable bonds is 12. The number of carbonyl (C=O) groups is 4. The molecular weight excluding hydrogens is 513 g/mol. The van der Waals surface area contributed by atoms with E-state index in [1.165, 1.54) is 31.0 Å². The lowest BCUT2D eigenvalue weighted by molar-refractivity contribution is 0.0952. The average molecular weight is 553 g/mol. The summed E-state index contributed by atoms with van der Waals surface area (Å²) in [6, 6.07) is 12.8. The molecule has 2 aromatic carbocycles. The highest BCUT2D eigenvalue weighted by molar-refractivity contribution is 6.69. The molecule has 204 valence electrons. The van der Waals surface area contributed by atoms with Crippen molar-refractivity contribution in [3.8, 4) is 0 Å². The zero-order valence-corrected chi connectivity index (χ0v) is 23.5. The van der Waals surface area contributed by atoms with E-state index < -0.39 is 10.5 Å². The zero-order chi connectivity index (χ0) is 28.1. The highest BCUT2D eigenvalue weighted by Crippen LogP contribution is 2.10. The lowest BCUT2D eigenvalue weighted by Gasteiger charge is -2.07. The third-order valence-corrected chi connectivity index (χ3v) is 5.33. The Labute approximate surface area is 230 Å². The molecule has 0 heterocycles. The molecule has 0 radical (unpaired) electrons. The molecule has 0 atom stereocenters. The summed E-state index contributed by atoms with van der Waals surface area (Å²) in [5, 5.41) is 4.49. The maximum absolute atomic E-state index is 11.9. The second kappa shape index (κ2) is 21.4. The summed E-state index contributed by atoms with van der Waals surface area (Å²) >= 11 is 10.4. The quantitative estimate of drug-likeness (QED) is 0.223. The summed E-state index contributed by atoms with van der Waals surface area (Å²) < 4.78 is 0. The Morgan fingerprint density at radius 1 is 0.649 bits per heavy atom. The second-order valence-corrected chi connectivity index (χ2v) is 8.76. The van der Waals surface area contributed by atoms with Crippen LogP contribution in [0.5, 0.6) is 0 Å². The fourth-order valence-corrected chi connectivity index (χ4v) is 2.97. The Morgan fingerprint density at radius 2 is 1.00 bits per heavy atom. The van der Waals surface area contributed by atoms with E-state index in [0.29, 0.717) is 24.2 Å². The zero-order valence-electron chi connectivity index (χ0n) is 21.9. The van der Waals surface area contributed by atoms with Crippen LogP contribution in [0.25, 0.3) is 0 Å². The SMILES string of the molecule is CCCCN.CCCCNC(=O)c1cccc(C(=O)NCCCC)c1.O=C(Cl)c1cccc(C(=O)Cl)c1. The summed E-state index contributed by atoms with van der Waals surface area (Å²) in [5.41, 5.74) is 6.74. The first kappa shape index (κ1) is 34.3. The van der Waals surface area contributed by atoms with Gasteiger partial charge < -0.3 is 16.4 Å². The van der Waals surface area contributed by atoms with E-state index in [4.69, 9.17) is 28.9 Å². The molecule has 7 nitrogen and oxygen atoms in total. The van der Waals surface area contributed by atoms with Gasteiger partial charge in [-0.3, -0.25) is 19.2 Å². The van der Waals surface area contributed by atoms with Crippen molar-refractivity contribution in [1.82, 2.24) is 10.6 Å². The van der Waals surface area contributed by atoms with Gasteiger partial charge in [0.2, 0.25) is 0 Å². The Kier molecular flexibility index (Phi) is 19.8. The van der Waals surface area contributed by atoms with Crippen molar-refractivity contribution >= 4 is 45.5 Å². The van der Waals surface area contributed by atoms with E-state index in [9.17, 15) is 19.2 Å². The van der Waals surface area contributed by atoms with Crippen molar-refractivity contribution in [3.05, 3.63) is 70.8 Å². The van der Waals surface area contributed by atoms with Gasteiger partial charge in [-0.2, -0.15) is 0 Å². The van der Waals surface area contributed by atoms with Crippen LogP contribution in [0.2, 0.25) is 0 Å². The van der Waals surface area contributed by atoms with Crippen LogP contribution in [0.15, 0.2) is 48.5 Å². The van der Waals surface area contributed by atoms with Crippen LogP contribution in [0, 0.1) is 0 Å². The number of hydrogen-bond acceptors (Lipinski definition) is 5. The average Bonchev–Trinajstić information content (AvgIpc) is 2.90. The maximum atomic E-state index is 11.9. The molecule has 0 unspecified atom stereocenters. The maximum Gasteiger partial charge on any atom is 0.252 e. The fourth-order valence-electron chi connectivity index (χ4n) is 2.73. The first-order valence-electron chi connectivity index (χ1n) is 12.6. The smallest absolute Gasteiger partial charge is 0.252 e. The number of unbranched alkanes of at least 4 members (excludes halogenated alkanes) is 3. The summed E-state index contributed by atoms with van der Waals surface area (Å²) in [6.07, 6.45) is 6.39. The molecule has 0 aliphatic carbocycles. The molecule has 37 heavy (non-hydrogen) atoms. The third kappa shape index (κ3) is 15.9. The van der Waals surface area contributed by atoms with Gasteiger partial charge in [-0.05, 0) is 73.3 Å². The molecule has 2 rings (SSSR count). The molecule has 9 heteroatoms. The minimum absolute atomic E-state index is 0.123. The predicted molar refractivity (Wildman–Crippen MR) is 152 cm³/mol. The van der Waals surface area contributed by atoms with Gasteiger partial charge in [-0.25, -0.2) is 0 Å². The van der Waals surface area contributed by atoms with E-state index in [1.54, 1.807) is 30.3 Å². The van der Waals surface area contributed by atoms with Crippen LogP contribution < -0.4 is 16.4 Å². The molecule has 2 amide bonds. The Bertz CT molecular complexity index is 915. The van der Waals surface area contributed by atoms with Crippen molar-refractivity contribution in [2.45, 2.75) is 59.3 Å². The number of amides is 2. The Hall–Kier alpha value is -2.74. The minimum atomic E-state index is -0.602. The number of halogens is 2. The standard InChI is InChI=1S/C16H24N2O2.C8H4Cl2O2.C4H11N/c1-3-5-10-17-15(19)13-8-7-9-14(12-13)16(20)18-11-6-4-2;9-7(11)5-2-1-3-6(4-5)8(10)12;1-2-3-4-5/h7-9,12H,3-6,10-11H2,1-2H3,(H,17,19)(H,18,20);1-4H;2-5H2,1H3. The summed E-state index contributed by atoms with van der Waals surface area (Å²) in [5.74, 6) is -0.247. The number of benzene rings is 2. The highest BCUT2D eigenvalue weighted by atomic mass is 35.5. The Morgan fingerprint density at radius 3 is 1.30 bits per heavy atom. The monoisotopic (exact) mass is 551 g/mol. The molecule has 0 saturated heterocycles. The fraction of sp³-hybridized carbons (Fsp3) is 0.429. The molecule has 0 fully saturated rings. The lowest BCUT2D eigenvalue weighted by Crippen LogP contribution is -2.26. The van der Waals surface area contributed by atoms with Crippen molar-refractivity contribution in [3.63, 3.8) is 0 Å². The largest absolute Gasteiger partial charge is 0.352 e. The van der Waals surface area contributed by atoms with Crippen LogP contribution >= 0.6 is 23.2 Å². The van der Waals surface area contributed by atoms with E-state index in [1.807, 2.05) is 0 Å². The van der Waals surface area contributed by atoms with Gasteiger partial charge in [0.05, 0.1) is 0 Å². The first-order valence-corrected chi connectivity index (χ1v) is 13.3. The number of hydrogen-bond donors (Lipinski definition) is 3. The second-order valence-electron chi connectivity index (χ2n) is 8.07. The van der Waals surface area contributed by atoms with Crippen molar-refractivity contribution in [2.24, 2.45) is 5.73 Å². The highest BCUT2D eigenvalue weighted by Gasteiger charge is 2.09. The summed E-state index contributed by atoms with van der Waals surface area (Å²) in [7, 11) is 0. The normalized spacial score (nSPS) is 9.68. The van der Waals surface area contributed by atoms with E-state index in [0.717, 1.165) is 32.2 Å². The van der Waals surface area contributed by atoms with Crippen molar-refractivity contribution < 1.29 is 19.2 Å². The summed E-state index contributed by atoms with van der Waals surface area (Å²) in [4.78, 5) is 45.1. The molecular formula is C28H39Cl2N3O4. The van der Waals surface area contributed by atoms with Gasteiger partial charge >= 0.3 is 0 Å². The van der Waals surface area contributed by atoms with E-state index in [-0.39, 0.29) is 22.9 Å². The Balaban J connectivity index is 0.000000641. The van der Waals surface area contributed by atoms with Gasteiger partial charge in [0.15, 0.2) is 0 Å². The van der Waals surface area contributed by atoms with Crippen molar-refractivity contribution in [1.29, 1.82) is 0 Å². The van der Waals surface area contributed by atoms with Gasteiger partial charge in [-0.1, -0.05) is 64.3 Å². The van der Waals surface area contributed by atoms with Gasteiger partial charge in [-0.15, -0.1) is 0 Å². The first-order chi connectivity index (χ1) is 17.7.